The second-order valence-electron chi connectivity index (χ2n) is 18.8. The zero-order valence-electron chi connectivity index (χ0n) is 45.9. The zero-order chi connectivity index (χ0) is 51.4. The number of esters is 3. The van der Waals surface area contributed by atoms with Crippen LogP contribution in [0.3, 0.4) is 0 Å². The van der Waals surface area contributed by atoms with Gasteiger partial charge in [0.1, 0.15) is 13.2 Å². The Balaban J connectivity index is 4.30. The molecule has 0 aromatic carbocycles. The number of rotatable bonds is 51. The zero-order valence-corrected chi connectivity index (χ0v) is 45.9. The Bertz CT molecular complexity index is 1500. The summed E-state index contributed by atoms with van der Waals surface area (Å²) in [5.41, 5.74) is 0. The molecule has 0 fully saturated rings. The maximum Gasteiger partial charge on any atom is 0.306 e. The number of ether oxygens (including phenoxy) is 3. The Morgan fingerprint density at radius 1 is 0.296 bits per heavy atom. The third-order valence-electron chi connectivity index (χ3n) is 11.9. The van der Waals surface area contributed by atoms with Crippen LogP contribution in [0.1, 0.15) is 252 Å². The van der Waals surface area contributed by atoms with Gasteiger partial charge in [0.05, 0.1) is 0 Å². The molecule has 0 amide bonds. The molecule has 0 heterocycles. The average Bonchev–Trinajstić information content (AvgIpc) is 3.37. The monoisotopic (exact) mass is 983 g/mol. The van der Waals surface area contributed by atoms with Gasteiger partial charge in [0.25, 0.3) is 0 Å². The van der Waals surface area contributed by atoms with Crippen molar-refractivity contribution in [3.05, 3.63) is 122 Å². The largest absolute Gasteiger partial charge is 0.462 e. The number of unbranched alkanes of at least 4 members (excludes halogenated alkanes) is 20. The highest BCUT2D eigenvalue weighted by Gasteiger charge is 2.19. The molecular weight excluding hydrogens is 877 g/mol. The standard InChI is InChI=1S/C65H106O6/c1-4-7-10-13-16-19-22-25-26-27-28-29-30-31-32-33-34-35-36-37-38-41-43-46-49-52-55-58-64(67)70-61-62(71-65(68)59-56-53-50-47-44-40-24-21-18-15-12-9-6-3)60-69-63(66)57-54-51-48-45-42-39-23-20-17-14-11-8-5-2/h7,9-12,14,16,18-21,23,25-26,28-29,40,44,50,53,62H,4-6,8,13,15,17,22,24,27,30-39,41-43,45-49,51-52,54-61H2,1-3H3/b10-7-,12-9-,14-11-,19-16-,21-18-,23-20-,26-25-,29-28-,44-40-,53-50-. The van der Waals surface area contributed by atoms with Gasteiger partial charge < -0.3 is 14.2 Å². The summed E-state index contributed by atoms with van der Waals surface area (Å²) >= 11 is 0. The van der Waals surface area contributed by atoms with Crippen molar-refractivity contribution in [2.45, 2.75) is 258 Å². The van der Waals surface area contributed by atoms with Crippen LogP contribution in [-0.2, 0) is 28.6 Å². The second-order valence-corrected chi connectivity index (χ2v) is 18.8. The van der Waals surface area contributed by atoms with E-state index in [-0.39, 0.29) is 31.6 Å². The highest BCUT2D eigenvalue weighted by Crippen LogP contribution is 2.15. The topological polar surface area (TPSA) is 78.9 Å². The quantitative estimate of drug-likeness (QED) is 0.0261. The van der Waals surface area contributed by atoms with Crippen LogP contribution in [0.4, 0.5) is 0 Å². The summed E-state index contributed by atoms with van der Waals surface area (Å²) in [6.45, 7) is 6.27. The van der Waals surface area contributed by atoms with Crippen LogP contribution in [-0.4, -0.2) is 37.2 Å². The van der Waals surface area contributed by atoms with E-state index in [9.17, 15) is 14.4 Å². The van der Waals surface area contributed by atoms with Crippen LogP contribution in [0.2, 0.25) is 0 Å². The number of hydrogen-bond donors (Lipinski definition) is 0. The van der Waals surface area contributed by atoms with Gasteiger partial charge in [-0.15, -0.1) is 0 Å². The van der Waals surface area contributed by atoms with Crippen LogP contribution >= 0.6 is 0 Å². The molecule has 0 saturated carbocycles. The van der Waals surface area contributed by atoms with E-state index in [0.717, 1.165) is 122 Å². The molecule has 0 aliphatic rings. The van der Waals surface area contributed by atoms with Gasteiger partial charge in [-0.25, -0.2) is 0 Å². The predicted molar refractivity (Wildman–Crippen MR) is 306 cm³/mol. The van der Waals surface area contributed by atoms with Gasteiger partial charge in [0, 0.05) is 19.3 Å². The Kier molecular flexibility index (Phi) is 54.9. The highest BCUT2D eigenvalue weighted by atomic mass is 16.6. The fraction of sp³-hybridized carbons (Fsp3) is 0.646. The summed E-state index contributed by atoms with van der Waals surface area (Å²) < 4.78 is 16.8. The smallest absolute Gasteiger partial charge is 0.306 e. The van der Waals surface area contributed by atoms with E-state index in [1.165, 1.54) is 83.5 Å². The molecule has 0 rings (SSSR count). The third kappa shape index (κ3) is 56.6. The van der Waals surface area contributed by atoms with Gasteiger partial charge in [0.15, 0.2) is 6.10 Å². The summed E-state index contributed by atoms with van der Waals surface area (Å²) in [6, 6.07) is 0. The average molecular weight is 984 g/mol. The maximum absolute atomic E-state index is 12.8. The van der Waals surface area contributed by atoms with Crippen molar-refractivity contribution in [2.75, 3.05) is 13.2 Å². The Morgan fingerprint density at radius 3 is 0.915 bits per heavy atom. The molecule has 0 N–H and O–H groups in total. The SMILES string of the molecule is CC/C=C\C/C=C\C/C=C\C/C=C\CCCCCCCCCCCCCCCCC(=O)OCC(COC(=O)CCCCCCC/C=C\C/C=C\CCC)OC(=O)CC/C=C\C/C=C\C/C=C\C/C=C\CC. The lowest BCUT2D eigenvalue weighted by atomic mass is 10.0. The van der Waals surface area contributed by atoms with E-state index in [1.807, 2.05) is 12.2 Å². The molecule has 1 atom stereocenters. The van der Waals surface area contributed by atoms with Gasteiger partial charge in [-0.1, -0.05) is 245 Å². The van der Waals surface area contributed by atoms with E-state index in [0.29, 0.717) is 19.3 Å². The van der Waals surface area contributed by atoms with Crippen molar-refractivity contribution in [3.63, 3.8) is 0 Å². The van der Waals surface area contributed by atoms with E-state index in [4.69, 9.17) is 14.2 Å². The van der Waals surface area contributed by atoms with Crippen molar-refractivity contribution >= 4 is 17.9 Å². The van der Waals surface area contributed by atoms with Crippen molar-refractivity contribution in [2.24, 2.45) is 0 Å². The maximum atomic E-state index is 12.8. The number of allylic oxidation sites excluding steroid dienone is 20. The Labute approximate surface area is 437 Å². The molecular formula is C65H106O6. The minimum Gasteiger partial charge on any atom is -0.462 e. The molecule has 0 spiro atoms. The first-order valence-electron chi connectivity index (χ1n) is 29.0. The summed E-state index contributed by atoms with van der Waals surface area (Å²) in [5.74, 6) is -1.01. The van der Waals surface area contributed by atoms with Crippen LogP contribution in [0.25, 0.3) is 0 Å². The summed E-state index contributed by atoms with van der Waals surface area (Å²) in [5, 5.41) is 0. The summed E-state index contributed by atoms with van der Waals surface area (Å²) in [6.07, 6.45) is 80.8. The number of hydrogen-bond acceptors (Lipinski definition) is 6. The van der Waals surface area contributed by atoms with E-state index in [2.05, 4.69) is 130 Å². The van der Waals surface area contributed by atoms with Crippen LogP contribution in [0.15, 0.2) is 122 Å². The molecule has 402 valence electrons. The summed E-state index contributed by atoms with van der Waals surface area (Å²) in [4.78, 5) is 38.1. The van der Waals surface area contributed by atoms with Crippen molar-refractivity contribution in [1.29, 1.82) is 0 Å². The summed E-state index contributed by atoms with van der Waals surface area (Å²) in [7, 11) is 0. The van der Waals surface area contributed by atoms with Gasteiger partial charge in [0.2, 0.25) is 0 Å². The third-order valence-corrected chi connectivity index (χ3v) is 11.9. The Hall–Kier alpha value is -4.19. The molecule has 6 heteroatoms. The van der Waals surface area contributed by atoms with Gasteiger partial charge in [-0.3, -0.25) is 14.4 Å². The molecule has 0 aromatic heterocycles. The minimum atomic E-state index is -0.824. The van der Waals surface area contributed by atoms with E-state index >= 15 is 0 Å². The van der Waals surface area contributed by atoms with E-state index < -0.39 is 12.1 Å². The first kappa shape index (κ1) is 66.8. The minimum absolute atomic E-state index is 0.113. The lowest BCUT2D eigenvalue weighted by Gasteiger charge is -2.18. The molecule has 0 bridgehead atoms. The molecule has 0 saturated heterocycles. The molecule has 71 heavy (non-hydrogen) atoms. The molecule has 0 aliphatic carbocycles. The van der Waals surface area contributed by atoms with Crippen LogP contribution < -0.4 is 0 Å². The molecule has 0 aliphatic heterocycles. The molecule has 1 unspecified atom stereocenters. The van der Waals surface area contributed by atoms with Crippen molar-refractivity contribution in [3.8, 4) is 0 Å². The van der Waals surface area contributed by atoms with Gasteiger partial charge in [-0.05, 0) is 109 Å². The normalized spacial score (nSPS) is 13.0. The predicted octanol–water partition coefficient (Wildman–Crippen LogP) is 19.6. The van der Waals surface area contributed by atoms with Crippen LogP contribution in [0.5, 0.6) is 0 Å². The Morgan fingerprint density at radius 2 is 0.577 bits per heavy atom. The molecule has 0 radical (unpaired) electrons. The number of carbonyl (C=O) groups excluding carboxylic acids is 3. The highest BCUT2D eigenvalue weighted by molar-refractivity contribution is 5.71. The van der Waals surface area contributed by atoms with Crippen molar-refractivity contribution < 1.29 is 28.6 Å². The lowest BCUT2D eigenvalue weighted by Crippen LogP contribution is -2.30. The van der Waals surface area contributed by atoms with Gasteiger partial charge in [-0.2, -0.15) is 0 Å². The fourth-order valence-electron chi connectivity index (χ4n) is 7.66. The number of carbonyl (C=O) groups is 3. The fourth-order valence-corrected chi connectivity index (χ4v) is 7.66. The molecule has 6 nitrogen and oxygen atoms in total. The van der Waals surface area contributed by atoms with Crippen molar-refractivity contribution in [1.82, 2.24) is 0 Å². The first-order valence-corrected chi connectivity index (χ1v) is 29.0. The second kappa shape index (κ2) is 58.4. The van der Waals surface area contributed by atoms with E-state index in [1.54, 1.807) is 0 Å². The molecule has 0 aromatic rings. The lowest BCUT2D eigenvalue weighted by molar-refractivity contribution is -0.166. The first-order chi connectivity index (χ1) is 35.0. The van der Waals surface area contributed by atoms with Crippen LogP contribution in [0, 0.1) is 0 Å². The van der Waals surface area contributed by atoms with Gasteiger partial charge >= 0.3 is 17.9 Å².